The molecular weight excluding hydrogens is 1350 g/mol. The van der Waals surface area contributed by atoms with Gasteiger partial charge in [-0.25, -0.2) is 0 Å². The van der Waals surface area contributed by atoms with E-state index in [0.717, 1.165) is 17.1 Å². The summed E-state index contributed by atoms with van der Waals surface area (Å²) in [7, 11) is 0. The quantitative estimate of drug-likeness (QED) is 0.141. The molecule has 4 heteroatoms. The third-order valence-corrected chi connectivity index (χ3v) is 24.3. The van der Waals surface area contributed by atoms with Crippen molar-refractivity contribution in [3.8, 4) is 61.3 Å². The normalized spacial score (nSPS) is 13.8. The molecule has 15 rings (SSSR count). The molecule has 13 aromatic rings. The number of nitrogens with zero attached hydrogens (tertiary/aromatic N) is 3. The summed E-state index contributed by atoms with van der Waals surface area (Å²) in [4.78, 5) is 5.64. The first-order valence-corrected chi connectivity index (χ1v) is 41.3. The molecule has 0 bridgehead atoms. The molecule has 3 nitrogen and oxygen atoms in total. The fraction of sp³-hybridized carbons (Fsp3) is 0.333. The van der Waals surface area contributed by atoms with Gasteiger partial charge in [-0.2, -0.15) is 0 Å². The van der Waals surface area contributed by atoms with Crippen LogP contribution >= 0.6 is 0 Å². The molecule has 0 unspecified atom stereocenters. The highest BCUT2D eigenvalue weighted by atomic mass is 15.2. The molecule has 0 amide bonds. The van der Waals surface area contributed by atoms with E-state index in [9.17, 15) is 0 Å². The van der Waals surface area contributed by atoms with Crippen LogP contribution < -0.4 is 26.2 Å². The van der Waals surface area contributed by atoms with Gasteiger partial charge < -0.3 is 14.4 Å². The van der Waals surface area contributed by atoms with Gasteiger partial charge in [0, 0.05) is 61.5 Å². The van der Waals surface area contributed by atoms with Crippen LogP contribution in [0.15, 0.2) is 237 Å². The van der Waals surface area contributed by atoms with E-state index in [1.165, 1.54) is 167 Å². The minimum absolute atomic E-state index is 0.125. The Kier molecular flexibility index (Phi) is 18.6. The second-order valence-corrected chi connectivity index (χ2v) is 42.1. The van der Waals surface area contributed by atoms with Crippen molar-refractivity contribution in [2.75, 3.05) is 9.80 Å². The molecule has 1 aromatic heterocycles. The van der Waals surface area contributed by atoms with Crippen molar-refractivity contribution in [1.82, 2.24) is 4.57 Å². The lowest BCUT2D eigenvalue weighted by molar-refractivity contribution is 0.589. The van der Waals surface area contributed by atoms with Crippen molar-refractivity contribution in [3.05, 3.63) is 287 Å². The molecule has 570 valence electrons. The van der Waals surface area contributed by atoms with Gasteiger partial charge in [0.1, 0.15) is 0 Å². The van der Waals surface area contributed by atoms with Gasteiger partial charge in [-0.1, -0.05) is 363 Å². The van der Waals surface area contributed by atoms with Crippen LogP contribution in [0.3, 0.4) is 0 Å². The van der Waals surface area contributed by atoms with Crippen molar-refractivity contribution in [1.29, 1.82) is 0 Å². The SMILES string of the molecule is CC(C)(C)c1cccc(-c2cc(C(C)(C)C)cc(-c3cccc(C(C)(C)C)c3)c2N2c3cc(-n4c5ccccc5c5cccc(C(C)(C)C)c54)ccc3B3c4cc(-c5ccccc5)c(C(C)(C)C)cc4N(c4c(-c5cccc(C(C)(C)C)c5)cc(C(C)(C)C)cc4-c4cccc(C(C)(C)C)c4)c4cc(C(C)(C)C)cc2c43)c1. The van der Waals surface area contributed by atoms with Crippen molar-refractivity contribution < 1.29 is 0 Å². The highest BCUT2D eigenvalue weighted by molar-refractivity contribution is 7.00. The van der Waals surface area contributed by atoms with Crippen molar-refractivity contribution >= 4 is 79.0 Å². The molecule has 12 aromatic carbocycles. The van der Waals surface area contributed by atoms with E-state index in [-0.39, 0.29) is 55.4 Å². The largest absolute Gasteiger partial charge is 0.310 e. The first-order valence-electron chi connectivity index (χ1n) is 41.3. The van der Waals surface area contributed by atoms with Crippen LogP contribution in [0.2, 0.25) is 0 Å². The zero-order valence-corrected chi connectivity index (χ0v) is 72.4. The number of hydrogen-bond acceptors (Lipinski definition) is 2. The van der Waals surface area contributed by atoms with Crippen molar-refractivity contribution in [2.24, 2.45) is 0 Å². The Hall–Kier alpha value is -9.90. The minimum atomic E-state index is -0.353. The van der Waals surface area contributed by atoms with Gasteiger partial charge in [0.05, 0.1) is 22.4 Å². The van der Waals surface area contributed by atoms with Gasteiger partial charge in [0.25, 0.3) is 6.71 Å². The maximum Gasteiger partial charge on any atom is 0.252 e. The first-order chi connectivity index (χ1) is 52.2. The van der Waals surface area contributed by atoms with Gasteiger partial charge >= 0.3 is 0 Å². The molecule has 0 radical (unpaired) electrons. The predicted molar refractivity (Wildman–Crippen MR) is 490 cm³/mol. The summed E-state index contributed by atoms with van der Waals surface area (Å²) >= 11 is 0. The van der Waals surface area contributed by atoms with E-state index in [4.69, 9.17) is 0 Å². The Morgan fingerprint density at radius 2 is 0.589 bits per heavy atom. The third kappa shape index (κ3) is 13.9. The topological polar surface area (TPSA) is 11.4 Å². The molecular formula is C108H120BN3. The monoisotopic (exact) mass is 1470 g/mol. The van der Waals surface area contributed by atoms with E-state index in [1.807, 2.05) is 0 Å². The molecule has 0 fully saturated rings. The number of benzene rings is 12. The molecule has 0 spiro atoms. The number of anilines is 6. The summed E-state index contributed by atoms with van der Waals surface area (Å²) in [6.45, 7) is 64.2. The standard InChI is InChI=1S/C108H120BN3/c1-100(2,3)72-44-33-40-68(54-72)83-58-76(104(13,14)15)59-84(69-41-34-45-73(55-69)101(4,5)6)97(83)111-92-64-79(110-91-51-32-31-48-80(91)81-49-37-50-87(99(81)110)107(22,23)24)52-53-89(92)109-90-65-82(67-38-29-28-30-39-67)88(108(25,26)27)66-93(90)112(95-63-78(106(19,20)21)62-94(111)96(95)109)98-85(70-42-35-46-74(56-70)102(7,8)9)60-77(105(16,17)18)61-86(98)71-43-36-47-75(57-71)103(10,11)12/h28-66H,1-27H3. The molecule has 2 aliphatic rings. The van der Waals surface area contributed by atoms with Crippen LogP contribution in [0.4, 0.5) is 34.1 Å². The lowest BCUT2D eigenvalue weighted by atomic mass is 9.33. The average molecular weight is 1470 g/mol. The van der Waals surface area contributed by atoms with Crippen LogP contribution in [0.1, 0.15) is 237 Å². The number of aromatic nitrogens is 1. The third-order valence-electron chi connectivity index (χ3n) is 24.3. The van der Waals surface area contributed by atoms with Crippen molar-refractivity contribution in [2.45, 2.75) is 236 Å². The van der Waals surface area contributed by atoms with E-state index < -0.39 is 0 Å². The smallest absolute Gasteiger partial charge is 0.252 e. The van der Waals surface area contributed by atoms with Crippen LogP contribution in [0, 0.1) is 0 Å². The van der Waals surface area contributed by atoms with E-state index >= 15 is 0 Å². The molecule has 0 saturated heterocycles. The van der Waals surface area contributed by atoms with Crippen LogP contribution in [0.5, 0.6) is 0 Å². The van der Waals surface area contributed by atoms with Gasteiger partial charge in [0.2, 0.25) is 0 Å². The van der Waals surface area contributed by atoms with Crippen LogP contribution in [-0.2, 0) is 48.7 Å². The summed E-state index contributed by atoms with van der Waals surface area (Å²) in [5.74, 6) is 0. The number of rotatable bonds is 8. The summed E-state index contributed by atoms with van der Waals surface area (Å²) in [6.07, 6.45) is 0. The molecule has 0 aliphatic carbocycles. The fourth-order valence-corrected chi connectivity index (χ4v) is 17.6. The first kappa shape index (κ1) is 77.4. The zero-order chi connectivity index (χ0) is 80.4. The highest BCUT2D eigenvalue weighted by Crippen LogP contribution is 2.57. The second kappa shape index (κ2) is 26.9. The summed E-state index contributed by atoms with van der Waals surface area (Å²) in [5, 5.41) is 2.51. The molecule has 0 N–H and O–H groups in total. The Morgan fingerprint density at radius 3 is 0.991 bits per heavy atom. The second-order valence-electron chi connectivity index (χ2n) is 42.1. The molecule has 2 aliphatic heterocycles. The molecule has 0 saturated carbocycles. The Labute approximate surface area is 672 Å². The average Bonchev–Trinajstić information content (AvgIpc) is 0.706. The molecule has 0 atom stereocenters. The van der Waals surface area contributed by atoms with Gasteiger partial charge in [0.15, 0.2) is 0 Å². The predicted octanol–water partition coefficient (Wildman–Crippen LogP) is 28.9. The van der Waals surface area contributed by atoms with E-state index in [0.29, 0.717) is 0 Å². The molecule has 112 heavy (non-hydrogen) atoms. The highest BCUT2D eigenvalue weighted by Gasteiger charge is 2.48. The van der Waals surface area contributed by atoms with Gasteiger partial charge in [-0.15, -0.1) is 0 Å². The van der Waals surface area contributed by atoms with Crippen LogP contribution in [0.25, 0.3) is 83.1 Å². The Morgan fingerprint density at radius 1 is 0.232 bits per heavy atom. The van der Waals surface area contributed by atoms with E-state index in [1.54, 1.807) is 0 Å². The summed E-state index contributed by atoms with van der Waals surface area (Å²) in [6, 6.07) is 94.3. The zero-order valence-electron chi connectivity index (χ0n) is 72.4. The number of para-hydroxylation sites is 2. The van der Waals surface area contributed by atoms with Crippen LogP contribution in [-0.4, -0.2) is 11.3 Å². The number of fused-ring (bicyclic) bond motifs is 7. The summed E-state index contributed by atoms with van der Waals surface area (Å²) < 4.78 is 2.62. The summed E-state index contributed by atoms with van der Waals surface area (Å²) in [5.41, 5.74) is 36.3. The Bertz CT molecular complexity index is 5730. The number of hydrogen-bond donors (Lipinski definition) is 0. The van der Waals surface area contributed by atoms with Crippen molar-refractivity contribution in [3.63, 3.8) is 0 Å². The van der Waals surface area contributed by atoms with E-state index in [2.05, 4.69) is 438 Å². The maximum absolute atomic E-state index is 2.82. The van der Waals surface area contributed by atoms with Gasteiger partial charge in [-0.3, -0.25) is 0 Å². The maximum atomic E-state index is 2.82. The van der Waals surface area contributed by atoms with Gasteiger partial charge in [-0.05, 0) is 209 Å². The Balaban J connectivity index is 1.21. The molecule has 3 heterocycles. The lowest BCUT2D eigenvalue weighted by Gasteiger charge is -2.47. The minimum Gasteiger partial charge on any atom is -0.310 e. The fourth-order valence-electron chi connectivity index (χ4n) is 17.6. The lowest BCUT2D eigenvalue weighted by Crippen LogP contribution is -2.61.